The third-order valence-electron chi connectivity index (χ3n) is 5.31. The molecule has 0 unspecified atom stereocenters. The fourth-order valence-electron chi connectivity index (χ4n) is 3.38. The van der Waals surface area contributed by atoms with Crippen molar-refractivity contribution in [1.82, 2.24) is 5.43 Å². The molecular formula is C29H24Cl2N2O4. The maximum atomic E-state index is 12.6. The predicted octanol–water partition coefficient (Wildman–Crippen LogP) is 6.92. The molecule has 0 saturated carbocycles. The Hall–Kier alpha value is -4.00. The quantitative estimate of drug-likeness (QED) is 0.177. The maximum Gasteiger partial charge on any atom is 0.271 e. The lowest BCUT2D eigenvalue weighted by Crippen LogP contribution is -2.17. The van der Waals surface area contributed by atoms with Crippen LogP contribution in [0.15, 0.2) is 96.1 Å². The molecule has 0 saturated heterocycles. The van der Waals surface area contributed by atoms with Crippen molar-refractivity contribution >= 4 is 35.3 Å². The minimum Gasteiger partial charge on any atom is -0.493 e. The molecule has 0 aliphatic carbocycles. The SMILES string of the molecule is COc1cc(C(=O)N/N=C/c2cccc(OCc3ccc(Cl)cc3Cl)c2)ccc1OCc1ccccc1. The molecule has 0 aliphatic rings. The Morgan fingerprint density at radius 3 is 2.49 bits per heavy atom. The first-order chi connectivity index (χ1) is 18.0. The number of carbonyl (C=O) groups is 1. The average Bonchev–Trinajstić information content (AvgIpc) is 2.92. The number of hydrogen-bond donors (Lipinski definition) is 1. The Balaban J connectivity index is 1.33. The smallest absolute Gasteiger partial charge is 0.271 e. The predicted molar refractivity (Wildman–Crippen MR) is 146 cm³/mol. The van der Waals surface area contributed by atoms with E-state index in [0.29, 0.717) is 46.1 Å². The van der Waals surface area contributed by atoms with Crippen molar-refractivity contribution in [3.63, 3.8) is 0 Å². The first-order valence-corrected chi connectivity index (χ1v) is 12.1. The summed E-state index contributed by atoms with van der Waals surface area (Å²) in [4.78, 5) is 12.6. The Morgan fingerprint density at radius 1 is 0.865 bits per heavy atom. The second kappa shape index (κ2) is 12.8. The van der Waals surface area contributed by atoms with Crippen LogP contribution in [-0.2, 0) is 13.2 Å². The van der Waals surface area contributed by atoms with Crippen LogP contribution in [0.4, 0.5) is 0 Å². The van der Waals surface area contributed by atoms with Crippen molar-refractivity contribution in [2.24, 2.45) is 5.10 Å². The van der Waals surface area contributed by atoms with Gasteiger partial charge in [0.2, 0.25) is 0 Å². The van der Waals surface area contributed by atoms with E-state index in [1.165, 1.54) is 13.3 Å². The van der Waals surface area contributed by atoms with Gasteiger partial charge in [-0.1, -0.05) is 71.7 Å². The van der Waals surface area contributed by atoms with Crippen LogP contribution in [0, 0.1) is 0 Å². The number of hydrogen-bond acceptors (Lipinski definition) is 5. The van der Waals surface area contributed by atoms with E-state index in [1.807, 2.05) is 54.6 Å². The van der Waals surface area contributed by atoms with Gasteiger partial charge in [0.1, 0.15) is 19.0 Å². The maximum absolute atomic E-state index is 12.6. The molecule has 0 spiro atoms. The molecule has 1 amide bonds. The molecular weight excluding hydrogens is 511 g/mol. The highest BCUT2D eigenvalue weighted by atomic mass is 35.5. The highest BCUT2D eigenvalue weighted by molar-refractivity contribution is 6.35. The zero-order valence-corrected chi connectivity index (χ0v) is 21.5. The van der Waals surface area contributed by atoms with Crippen LogP contribution in [0.5, 0.6) is 17.2 Å². The minimum absolute atomic E-state index is 0.292. The van der Waals surface area contributed by atoms with Crippen molar-refractivity contribution in [3.05, 3.63) is 123 Å². The van der Waals surface area contributed by atoms with Crippen LogP contribution in [0.2, 0.25) is 10.0 Å². The van der Waals surface area contributed by atoms with Gasteiger partial charge in [-0.15, -0.1) is 0 Å². The summed E-state index contributed by atoms with van der Waals surface area (Å²) in [7, 11) is 1.53. The Morgan fingerprint density at radius 2 is 1.70 bits per heavy atom. The summed E-state index contributed by atoms with van der Waals surface area (Å²) in [6, 6.07) is 27.3. The molecule has 1 N–H and O–H groups in total. The van der Waals surface area contributed by atoms with E-state index in [2.05, 4.69) is 10.5 Å². The van der Waals surface area contributed by atoms with Gasteiger partial charge < -0.3 is 14.2 Å². The van der Waals surface area contributed by atoms with Gasteiger partial charge in [0.15, 0.2) is 11.5 Å². The van der Waals surface area contributed by atoms with E-state index in [4.69, 9.17) is 37.4 Å². The number of ether oxygens (including phenoxy) is 3. The van der Waals surface area contributed by atoms with E-state index in [-0.39, 0.29) is 5.91 Å². The van der Waals surface area contributed by atoms with Crippen molar-refractivity contribution in [2.45, 2.75) is 13.2 Å². The van der Waals surface area contributed by atoms with Crippen LogP contribution >= 0.6 is 23.2 Å². The van der Waals surface area contributed by atoms with Crippen molar-refractivity contribution in [3.8, 4) is 17.2 Å². The molecule has 0 fully saturated rings. The van der Waals surface area contributed by atoms with Gasteiger partial charge in [0.25, 0.3) is 5.91 Å². The highest BCUT2D eigenvalue weighted by Gasteiger charge is 2.11. The number of nitrogens with one attached hydrogen (secondary N) is 1. The first-order valence-electron chi connectivity index (χ1n) is 11.4. The number of methoxy groups -OCH3 is 1. The number of benzene rings is 4. The molecule has 6 nitrogen and oxygen atoms in total. The van der Waals surface area contributed by atoms with Crippen LogP contribution in [-0.4, -0.2) is 19.2 Å². The summed E-state index contributed by atoms with van der Waals surface area (Å²) in [5, 5.41) is 5.18. The van der Waals surface area contributed by atoms with E-state index in [0.717, 1.165) is 16.7 Å². The van der Waals surface area contributed by atoms with Gasteiger partial charge in [-0.25, -0.2) is 5.43 Å². The molecule has 0 heterocycles. The van der Waals surface area contributed by atoms with Crippen molar-refractivity contribution < 1.29 is 19.0 Å². The topological polar surface area (TPSA) is 69.2 Å². The molecule has 0 radical (unpaired) electrons. The summed E-state index contributed by atoms with van der Waals surface area (Å²) >= 11 is 12.1. The molecule has 0 atom stereocenters. The number of nitrogens with zero attached hydrogens (tertiary/aromatic N) is 1. The van der Waals surface area contributed by atoms with E-state index < -0.39 is 0 Å². The molecule has 0 aliphatic heterocycles. The van der Waals surface area contributed by atoms with Crippen LogP contribution < -0.4 is 19.6 Å². The molecule has 0 aromatic heterocycles. The zero-order chi connectivity index (χ0) is 26.0. The van der Waals surface area contributed by atoms with Gasteiger partial charge in [-0.2, -0.15) is 5.10 Å². The van der Waals surface area contributed by atoms with E-state index in [9.17, 15) is 4.79 Å². The molecule has 0 bridgehead atoms. The average molecular weight is 535 g/mol. The number of hydrazone groups is 1. The summed E-state index contributed by atoms with van der Waals surface area (Å²) in [5.74, 6) is 1.26. The Bertz CT molecular complexity index is 1390. The standard InChI is InChI=1S/C29H24Cl2N2O4/c1-35-28-15-22(11-13-27(28)37-18-20-6-3-2-4-7-20)29(34)33-32-17-21-8-5-9-25(14-21)36-19-23-10-12-24(30)16-26(23)31/h2-17H,18-19H2,1H3,(H,33,34)/b32-17+. The molecule has 4 aromatic carbocycles. The largest absolute Gasteiger partial charge is 0.493 e. The second-order valence-corrected chi connectivity index (χ2v) is 8.78. The number of halogens is 2. The molecule has 37 heavy (non-hydrogen) atoms. The minimum atomic E-state index is -0.381. The van der Waals surface area contributed by atoms with Gasteiger partial charge in [-0.3, -0.25) is 4.79 Å². The summed E-state index contributed by atoms with van der Waals surface area (Å²) in [5.41, 5.74) is 5.52. The third-order valence-corrected chi connectivity index (χ3v) is 5.90. The molecule has 188 valence electrons. The van der Waals surface area contributed by atoms with Crippen molar-refractivity contribution in [2.75, 3.05) is 7.11 Å². The van der Waals surface area contributed by atoms with E-state index >= 15 is 0 Å². The summed E-state index contributed by atoms with van der Waals surface area (Å²) in [6.07, 6.45) is 1.54. The van der Waals surface area contributed by atoms with Crippen LogP contribution in [0.3, 0.4) is 0 Å². The highest BCUT2D eigenvalue weighted by Crippen LogP contribution is 2.29. The van der Waals surface area contributed by atoms with Gasteiger partial charge in [0.05, 0.1) is 13.3 Å². The van der Waals surface area contributed by atoms with Crippen LogP contribution in [0.25, 0.3) is 0 Å². The summed E-state index contributed by atoms with van der Waals surface area (Å²) < 4.78 is 17.1. The zero-order valence-electron chi connectivity index (χ0n) is 20.0. The fourth-order valence-corrected chi connectivity index (χ4v) is 3.84. The lowest BCUT2D eigenvalue weighted by molar-refractivity contribution is 0.0954. The van der Waals surface area contributed by atoms with Crippen molar-refractivity contribution in [1.29, 1.82) is 0 Å². The molecule has 4 aromatic rings. The van der Waals surface area contributed by atoms with Gasteiger partial charge in [0, 0.05) is 21.2 Å². The van der Waals surface area contributed by atoms with Gasteiger partial charge in [-0.05, 0) is 53.6 Å². The fraction of sp³-hybridized carbons (Fsp3) is 0.103. The summed E-state index contributed by atoms with van der Waals surface area (Å²) in [6.45, 7) is 0.683. The number of carbonyl (C=O) groups excluding carboxylic acids is 1. The third kappa shape index (κ3) is 7.49. The lowest BCUT2D eigenvalue weighted by atomic mass is 10.2. The second-order valence-electron chi connectivity index (χ2n) is 7.94. The lowest BCUT2D eigenvalue weighted by Gasteiger charge is -2.12. The first kappa shape index (κ1) is 26.1. The molecule has 4 rings (SSSR count). The number of amides is 1. The monoisotopic (exact) mass is 534 g/mol. The Kier molecular flexibility index (Phi) is 9.03. The molecule has 8 heteroatoms. The Labute approximate surface area is 225 Å². The van der Waals surface area contributed by atoms with E-state index in [1.54, 1.807) is 36.4 Å². The van der Waals surface area contributed by atoms with Gasteiger partial charge >= 0.3 is 0 Å². The van der Waals surface area contributed by atoms with Crippen LogP contribution in [0.1, 0.15) is 27.0 Å². The number of rotatable bonds is 10. The normalized spacial score (nSPS) is 10.8.